The highest BCUT2D eigenvalue weighted by Crippen LogP contribution is 2.35. The van der Waals surface area contributed by atoms with E-state index < -0.39 is 38.5 Å². The normalized spacial score (nSPS) is 16.9. The van der Waals surface area contributed by atoms with Crippen molar-refractivity contribution in [2.45, 2.75) is 43.1 Å². The minimum absolute atomic E-state index is 0.0997. The third-order valence-electron chi connectivity index (χ3n) is 6.51. The van der Waals surface area contributed by atoms with Crippen molar-refractivity contribution in [2.75, 3.05) is 13.2 Å². The smallest absolute Gasteiger partial charge is 0.381 e. The van der Waals surface area contributed by atoms with Gasteiger partial charge in [0.2, 0.25) is 0 Å². The van der Waals surface area contributed by atoms with Crippen molar-refractivity contribution in [3.63, 3.8) is 0 Å². The molecule has 5 rings (SSSR count). The number of nitrogens with zero attached hydrogens (tertiary/aromatic N) is 1. The van der Waals surface area contributed by atoms with Crippen molar-refractivity contribution in [1.29, 1.82) is 0 Å². The van der Waals surface area contributed by atoms with Crippen LogP contribution in [0.15, 0.2) is 48.7 Å². The maximum absolute atomic E-state index is 13.7. The first-order chi connectivity index (χ1) is 16.6. The summed E-state index contributed by atoms with van der Waals surface area (Å²) in [5, 5.41) is 2.99. The summed E-state index contributed by atoms with van der Waals surface area (Å²) in [6, 6.07) is 10.6. The lowest BCUT2D eigenvalue weighted by Gasteiger charge is -2.26. The van der Waals surface area contributed by atoms with Crippen molar-refractivity contribution in [3.8, 4) is 0 Å². The second-order valence-corrected chi connectivity index (χ2v) is 11.6. The molecule has 0 radical (unpaired) electrons. The summed E-state index contributed by atoms with van der Waals surface area (Å²) in [4.78, 5) is 12.7. The predicted octanol–water partition coefficient (Wildman–Crippen LogP) is 4.31. The van der Waals surface area contributed by atoms with Gasteiger partial charge in [-0.25, -0.2) is 8.42 Å². The lowest BCUT2D eigenvalue weighted by Crippen LogP contribution is -2.31. The predicted molar refractivity (Wildman–Crippen MR) is 125 cm³/mol. The number of carbonyl (C=O) groups is 1. The average Bonchev–Trinajstić information content (AvgIpc) is 3.56. The van der Waals surface area contributed by atoms with Crippen LogP contribution in [0.2, 0.25) is 0 Å². The number of aromatic nitrogens is 1. The summed E-state index contributed by atoms with van der Waals surface area (Å²) in [5.74, 6) is -0.432. The van der Waals surface area contributed by atoms with E-state index in [1.807, 2.05) is 18.3 Å². The first-order valence-electron chi connectivity index (χ1n) is 11.5. The zero-order chi connectivity index (χ0) is 24.8. The zero-order valence-electron chi connectivity index (χ0n) is 18.8. The van der Waals surface area contributed by atoms with Gasteiger partial charge in [-0.3, -0.25) is 4.79 Å². The van der Waals surface area contributed by atoms with Crippen molar-refractivity contribution >= 4 is 26.6 Å². The second kappa shape index (κ2) is 8.98. The third kappa shape index (κ3) is 5.23. The molecule has 186 valence electrons. The average molecular weight is 507 g/mol. The molecule has 1 N–H and O–H groups in total. The lowest BCUT2D eigenvalue weighted by molar-refractivity contribution is -0.138. The van der Waals surface area contributed by atoms with Crippen LogP contribution in [0.3, 0.4) is 0 Å². The number of hydrogen-bond acceptors (Lipinski definition) is 4. The van der Waals surface area contributed by atoms with Gasteiger partial charge in [-0.05, 0) is 54.3 Å². The third-order valence-corrected chi connectivity index (χ3v) is 8.74. The lowest BCUT2D eigenvalue weighted by atomic mass is 10.0. The van der Waals surface area contributed by atoms with Gasteiger partial charge in [0.05, 0.1) is 29.8 Å². The van der Waals surface area contributed by atoms with Crippen LogP contribution in [0.25, 0.3) is 10.9 Å². The molecule has 0 atom stereocenters. The van der Waals surface area contributed by atoms with Gasteiger partial charge in [-0.2, -0.15) is 13.2 Å². The molecule has 35 heavy (non-hydrogen) atoms. The molecule has 2 heterocycles. The van der Waals surface area contributed by atoms with E-state index in [0.29, 0.717) is 24.3 Å². The van der Waals surface area contributed by atoms with Crippen molar-refractivity contribution in [1.82, 2.24) is 9.88 Å². The first-order valence-corrected chi connectivity index (χ1v) is 13.2. The molecule has 1 aliphatic heterocycles. The van der Waals surface area contributed by atoms with Crippen LogP contribution in [-0.4, -0.2) is 37.4 Å². The van der Waals surface area contributed by atoms with E-state index in [4.69, 9.17) is 4.74 Å². The number of sulfone groups is 1. The molecule has 1 aromatic heterocycles. The first kappa shape index (κ1) is 23.9. The SMILES string of the molecule is O=C(NCc1ccc(CS(=O)(=O)C2CC2)cc1C(F)(F)F)c1ccc2c(ccn2CC2COC2)c1. The summed E-state index contributed by atoms with van der Waals surface area (Å²) in [5.41, 5.74) is 0.373. The molecule has 0 bridgehead atoms. The number of benzene rings is 2. The summed E-state index contributed by atoms with van der Waals surface area (Å²) in [7, 11) is -3.44. The van der Waals surface area contributed by atoms with E-state index in [0.717, 1.165) is 36.7 Å². The maximum Gasteiger partial charge on any atom is 0.416 e. The molecular weight excluding hydrogens is 481 g/mol. The molecule has 2 aliphatic rings. The van der Waals surface area contributed by atoms with Crippen LogP contribution < -0.4 is 5.32 Å². The summed E-state index contributed by atoms with van der Waals surface area (Å²) in [6.45, 7) is 1.96. The monoisotopic (exact) mass is 506 g/mol. The largest absolute Gasteiger partial charge is 0.416 e. The standard InChI is InChI=1S/C25H25F3N2O4S/c26-25(27,28)22-9-16(15-35(32,33)21-4-5-21)1-2-20(22)11-29-24(31)19-3-6-23-18(10-19)7-8-30(23)12-17-13-34-14-17/h1-3,6-10,17,21H,4-5,11-15H2,(H,29,31). The molecular formula is C25H25F3N2O4S. The number of fused-ring (bicyclic) bond motifs is 1. The molecule has 10 heteroatoms. The van der Waals surface area contributed by atoms with Gasteiger partial charge in [-0.15, -0.1) is 0 Å². The Balaban J connectivity index is 1.29. The number of nitrogens with one attached hydrogen (secondary N) is 1. The Morgan fingerprint density at radius 3 is 2.51 bits per heavy atom. The molecule has 2 fully saturated rings. The Bertz CT molecular complexity index is 1370. The fourth-order valence-electron chi connectivity index (χ4n) is 4.36. The van der Waals surface area contributed by atoms with Crippen LogP contribution in [0, 0.1) is 5.92 Å². The number of rotatable bonds is 8. The van der Waals surface area contributed by atoms with Gasteiger partial charge in [0.15, 0.2) is 9.84 Å². The van der Waals surface area contributed by atoms with Crippen LogP contribution in [-0.2, 0) is 39.6 Å². The molecule has 1 aliphatic carbocycles. The molecule has 2 aromatic carbocycles. The Labute approximate surface area is 201 Å². The van der Waals surface area contributed by atoms with Crippen LogP contribution in [0.5, 0.6) is 0 Å². The maximum atomic E-state index is 13.7. The van der Waals surface area contributed by atoms with Crippen LogP contribution >= 0.6 is 0 Å². The molecule has 0 spiro atoms. The van der Waals surface area contributed by atoms with Crippen molar-refractivity contribution < 1.29 is 31.1 Å². The van der Waals surface area contributed by atoms with Gasteiger partial charge in [0.25, 0.3) is 5.91 Å². The summed E-state index contributed by atoms with van der Waals surface area (Å²) < 4.78 is 72.8. The van der Waals surface area contributed by atoms with Crippen molar-refractivity contribution in [2.24, 2.45) is 5.92 Å². The minimum Gasteiger partial charge on any atom is -0.381 e. The topological polar surface area (TPSA) is 77.4 Å². The van der Waals surface area contributed by atoms with Gasteiger partial charge < -0.3 is 14.6 Å². The number of carbonyl (C=O) groups excluding carboxylic acids is 1. The van der Waals surface area contributed by atoms with Crippen LogP contribution in [0.1, 0.15) is 39.9 Å². The van der Waals surface area contributed by atoms with E-state index >= 15 is 0 Å². The number of ether oxygens (including phenoxy) is 1. The molecule has 1 amide bonds. The Kier molecular flexibility index (Phi) is 6.13. The molecule has 1 saturated heterocycles. The van der Waals surface area contributed by atoms with E-state index in [1.54, 1.807) is 12.1 Å². The molecule has 1 saturated carbocycles. The molecule has 6 nitrogen and oxygen atoms in total. The zero-order valence-corrected chi connectivity index (χ0v) is 19.7. The quantitative estimate of drug-likeness (QED) is 0.494. The fraction of sp³-hybridized carbons (Fsp3) is 0.400. The minimum atomic E-state index is -4.67. The summed E-state index contributed by atoms with van der Waals surface area (Å²) >= 11 is 0. The highest BCUT2D eigenvalue weighted by atomic mass is 32.2. The Morgan fingerprint density at radius 2 is 1.86 bits per heavy atom. The number of amides is 1. The molecule has 0 unspecified atom stereocenters. The summed E-state index contributed by atoms with van der Waals surface area (Å²) in [6.07, 6.45) is -1.60. The fourth-order valence-corrected chi connectivity index (χ4v) is 6.09. The van der Waals surface area contributed by atoms with Crippen LogP contribution in [0.4, 0.5) is 13.2 Å². The Morgan fingerprint density at radius 1 is 1.09 bits per heavy atom. The van der Waals surface area contributed by atoms with Gasteiger partial charge >= 0.3 is 6.18 Å². The van der Waals surface area contributed by atoms with Gasteiger partial charge in [-0.1, -0.05) is 12.1 Å². The van der Waals surface area contributed by atoms with E-state index in [-0.39, 0.29) is 17.7 Å². The molecule has 3 aromatic rings. The highest BCUT2D eigenvalue weighted by molar-refractivity contribution is 7.91. The van der Waals surface area contributed by atoms with Crippen molar-refractivity contribution in [3.05, 3.63) is 70.9 Å². The number of halogens is 3. The second-order valence-electron chi connectivity index (χ2n) is 9.32. The van der Waals surface area contributed by atoms with E-state index in [2.05, 4.69) is 9.88 Å². The number of alkyl halides is 3. The van der Waals surface area contributed by atoms with Gasteiger partial charge in [0.1, 0.15) is 0 Å². The number of hydrogen-bond donors (Lipinski definition) is 1. The van der Waals surface area contributed by atoms with E-state index in [1.165, 1.54) is 12.1 Å². The van der Waals surface area contributed by atoms with E-state index in [9.17, 15) is 26.4 Å². The highest BCUT2D eigenvalue weighted by Gasteiger charge is 2.37. The van der Waals surface area contributed by atoms with Gasteiger partial charge in [0, 0.05) is 41.7 Å². The Hall–Kier alpha value is -2.85.